The molecule has 4 heteroatoms. The molecule has 3 aromatic rings. The molecule has 0 amide bonds. The van der Waals surface area contributed by atoms with Gasteiger partial charge in [0, 0.05) is 6.07 Å². The molecule has 2 aromatic heterocycles. The number of benzene rings is 1. The van der Waals surface area contributed by atoms with Crippen molar-refractivity contribution < 1.29 is 4.98 Å². The Morgan fingerprint density at radius 1 is 1.21 bits per heavy atom. The Kier molecular flexibility index (Phi) is 1.28. The highest BCUT2D eigenvalue weighted by atomic mass is 15.1. The molecule has 4 nitrogen and oxygen atoms in total. The fourth-order valence-electron chi connectivity index (χ4n) is 1.72. The van der Waals surface area contributed by atoms with Gasteiger partial charge in [-0.25, -0.2) is 4.98 Å². The van der Waals surface area contributed by atoms with Crippen molar-refractivity contribution >= 4 is 27.5 Å². The van der Waals surface area contributed by atoms with E-state index in [4.69, 9.17) is 5.73 Å². The average Bonchev–Trinajstić information content (AvgIpc) is 2.66. The van der Waals surface area contributed by atoms with Crippen LogP contribution in [-0.2, 0) is 0 Å². The molecular formula is C10H9N4+. The molecule has 0 saturated heterocycles. The predicted octanol–water partition coefficient (Wildman–Crippen LogP) is 1.11. The third kappa shape index (κ3) is 0.821. The lowest BCUT2D eigenvalue weighted by molar-refractivity contribution is -0.343. The first-order valence-corrected chi connectivity index (χ1v) is 4.38. The van der Waals surface area contributed by atoms with E-state index < -0.39 is 0 Å². The van der Waals surface area contributed by atoms with E-state index >= 15 is 0 Å². The van der Waals surface area contributed by atoms with Crippen LogP contribution in [0.3, 0.4) is 0 Å². The summed E-state index contributed by atoms with van der Waals surface area (Å²) in [4.78, 5) is 3.18. The zero-order chi connectivity index (χ0) is 9.54. The van der Waals surface area contributed by atoms with Gasteiger partial charge in [-0.05, 0) is 12.1 Å². The minimum absolute atomic E-state index is 0.779. The minimum Gasteiger partial charge on any atom is -0.398 e. The first-order chi connectivity index (χ1) is 6.86. The second-order valence-corrected chi connectivity index (χ2v) is 3.25. The lowest BCUT2D eigenvalue weighted by Gasteiger charge is -1.96. The third-order valence-electron chi connectivity index (χ3n) is 2.43. The molecule has 0 aliphatic rings. The second kappa shape index (κ2) is 2.45. The maximum absolute atomic E-state index is 5.87. The van der Waals surface area contributed by atoms with Crippen LogP contribution >= 0.6 is 0 Å². The molecule has 0 atom stereocenters. The van der Waals surface area contributed by atoms with E-state index in [1.807, 2.05) is 24.4 Å². The molecule has 14 heavy (non-hydrogen) atoms. The average molecular weight is 185 g/mol. The van der Waals surface area contributed by atoms with Gasteiger partial charge in [0.25, 0.3) is 0 Å². The minimum atomic E-state index is 0.779. The van der Waals surface area contributed by atoms with Crippen LogP contribution in [0.25, 0.3) is 21.8 Å². The number of aromatic amines is 2. The molecule has 0 aliphatic heterocycles. The topological polar surface area (TPSA) is 68.8 Å². The molecule has 0 fully saturated rings. The van der Waals surface area contributed by atoms with Crippen LogP contribution in [0.5, 0.6) is 0 Å². The first-order valence-electron chi connectivity index (χ1n) is 4.38. The van der Waals surface area contributed by atoms with E-state index in [1.165, 1.54) is 0 Å². The highest BCUT2D eigenvalue weighted by molar-refractivity contribution is 6.05. The zero-order valence-electron chi connectivity index (χ0n) is 7.41. The molecule has 2 heterocycles. The van der Waals surface area contributed by atoms with Crippen molar-refractivity contribution in [2.45, 2.75) is 0 Å². The Hall–Kier alpha value is -2.10. The van der Waals surface area contributed by atoms with Crippen LogP contribution in [0, 0.1) is 0 Å². The molecular weight excluding hydrogens is 176 g/mol. The summed E-state index contributed by atoms with van der Waals surface area (Å²) >= 11 is 0. The molecule has 1 aromatic carbocycles. The Bertz CT molecular complexity index is 612. The van der Waals surface area contributed by atoms with Crippen LogP contribution in [0.1, 0.15) is 0 Å². The van der Waals surface area contributed by atoms with E-state index in [0.29, 0.717) is 0 Å². The molecule has 0 spiro atoms. The van der Waals surface area contributed by atoms with Crippen molar-refractivity contribution in [3.05, 3.63) is 30.6 Å². The normalized spacial score (nSPS) is 11.1. The van der Waals surface area contributed by atoms with Gasteiger partial charge in [0.2, 0.25) is 5.52 Å². The summed E-state index contributed by atoms with van der Waals surface area (Å²) in [6.07, 6.45) is 3.64. The molecule has 3 rings (SSSR count). The lowest BCUT2D eigenvalue weighted by atomic mass is 10.1. The second-order valence-electron chi connectivity index (χ2n) is 3.25. The smallest absolute Gasteiger partial charge is 0.224 e. The molecule has 0 radical (unpaired) electrons. The molecule has 4 N–H and O–H groups in total. The predicted molar refractivity (Wildman–Crippen MR) is 54.6 cm³/mol. The van der Waals surface area contributed by atoms with E-state index in [9.17, 15) is 0 Å². The number of nitrogens with two attached hydrogens (primary N) is 1. The molecule has 0 saturated carbocycles. The number of rotatable bonds is 0. The summed E-state index contributed by atoms with van der Waals surface area (Å²) in [7, 11) is 0. The Labute approximate surface area is 79.8 Å². The fraction of sp³-hybridized carbons (Fsp3) is 0. The van der Waals surface area contributed by atoms with Crippen molar-refractivity contribution in [2.24, 2.45) is 0 Å². The van der Waals surface area contributed by atoms with E-state index in [1.54, 1.807) is 6.20 Å². The number of fused-ring (bicyclic) bond motifs is 3. The zero-order valence-corrected chi connectivity index (χ0v) is 7.41. The first kappa shape index (κ1) is 7.32. The van der Waals surface area contributed by atoms with Gasteiger partial charge in [-0.15, -0.1) is 0 Å². The van der Waals surface area contributed by atoms with Crippen molar-refractivity contribution in [1.82, 2.24) is 10.2 Å². The van der Waals surface area contributed by atoms with Gasteiger partial charge >= 0.3 is 0 Å². The van der Waals surface area contributed by atoms with Crippen LogP contribution in [0.15, 0.2) is 30.6 Å². The number of pyridine rings is 1. The number of aromatic nitrogens is 3. The Balaban J connectivity index is 2.64. The van der Waals surface area contributed by atoms with E-state index in [2.05, 4.69) is 15.2 Å². The standard InChI is InChI=1S/C10H8N4/c11-8-3-4-12-10-6(8)1-2-9-7(10)5-13-14-9/h1-5H,(H2,11,12)(H,13,14)/p+1. The molecule has 0 unspecified atom stereocenters. The quantitative estimate of drug-likeness (QED) is 0.551. The van der Waals surface area contributed by atoms with Gasteiger partial charge in [0.15, 0.2) is 6.20 Å². The van der Waals surface area contributed by atoms with E-state index in [-0.39, 0.29) is 0 Å². The van der Waals surface area contributed by atoms with Crippen molar-refractivity contribution in [2.75, 3.05) is 5.73 Å². The maximum atomic E-state index is 5.87. The Morgan fingerprint density at radius 2 is 2.14 bits per heavy atom. The van der Waals surface area contributed by atoms with Crippen molar-refractivity contribution in [1.29, 1.82) is 0 Å². The van der Waals surface area contributed by atoms with Crippen molar-refractivity contribution in [3.8, 4) is 0 Å². The van der Waals surface area contributed by atoms with Gasteiger partial charge in [0.05, 0.1) is 28.2 Å². The van der Waals surface area contributed by atoms with Crippen molar-refractivity contribution in [3.63, 3.8) is 0 Å². The SMILES string of the molecule is Nc1cc[nH+]c2c1ccc1[nH]ncc12. The highest BCUT2D eigenvalue weighted by Crippen LogP contribution is 2.23. The molecule has 0 aliphatic carbocycles. The number of nitrogens with zero attached hydrogens (tertiary/aromatic N) is 1. The maximum Gasteiger partial charge on any atom is 0.224 e. The van der Waals surface area contributed by atoms with Crippen LogP contribution in [0.2, 0.25) is 0 Å². The van der Waals surface area contributed by atoms with Gasteiger partial charge in [-0.1, -0.05) is 0 Å². The summed E-state index contributed by atoms with van der Waals surface area (Å²) in [5, 5.41) is 9.01. The largest absolute Gasteiger partial charge is 0.398 e. The fourth-order valence-corrected chi connectivity index (χ4v) is 1.72. The monoisotopic (exact) mass is 185 g/mol. The number of nitrogen functional groups attached to an aromatic ring is 1. The number of hydrogen-bond donors (Lipinski definition) is 2. The van der Waals surface area contributed by atoms with Gasteiger partial charge in [0.1, 0.15) is 0 Å². The summed E-state index contributed by atoms with van der Waals surface area (Å²) in [6, 6.07) is 5.82. The highest BCUT2D eigenvalue weighted by Gasteiger charge is 2.09. The third-order valence-corrected chi connectivity index (χ3v) is 2.43. The summed E-state index contributed by atoms with van der Waals surface area (Å²) in [6.45, 7) is 0. The van der Waals surface area contributed by atoms with Crippen LogP contribution < -0.4 is 10.7 Å². The summed E-state index contributed by atoms with van der Waals surface area (Å²) in [5.41, 5.74) is 8.68. The van der Waals surface area contributed by atoms with Gasteiger partial charge in [-0.2, -0.15) is 5.10 Å². The summed E-state index contributed by atoms with van der Waals surface area (Å²) < 4.78 is 0. The number of nitrogens with one attached hydrogen (secondary N) is 2. The molecule has 68 valence electrons. The number of H-pyrrole nitrogens is 2. The van der Waals surface area contributed by atoms with Crippen LogP contribution in [-0.4, -0.2) is 10.2 Å². The summed E-state index contributed by atoms with van der Waals surface area (Å²) in [5.74, 6) is 0. The van der Waals surface area contributed by atoms with Gasteiger partial charge in [-0.3, -0.25) is 5.10 Å². The van der Waals surface area contributed by atoms with E-state index in [0.717, 1.165) is 27.5 Å². The molecule has 0 bridgehead atoms. The Morgan fingerprint density at radius 3 is 3.07 bits per heavy atom. The van der Waals surface area contributed by atoms with Crippen LogP contribution in [0.4, 0.5) is 5.69 Å². The number of anilines is 1. The lowest BCUT2D eigenvalue weighted by Crippen LogP contribution is -2.04. The van der Waals surface area contributed by atoms with Gasteiger partial charge < -0.3 is 5.73 Å². The number of hydrogen-bond acceptors (Lipinski definition) is 2.